The molecule has 0 bridgehead atoms. The van der Waals surface area contributed by atoms with E-state index in [0.29, 0.717) is 17.2 Å². The smallest absolute Gasteiger partial charge is 0.303 e. The molecular weight excluding hydrogens is 236 g/mol. The number of carboxylic acid groups (broad SMARTS) is 1. The van der Waals surface area contributed by atoms with Crippen LogP contribution in [0.25, 0.3) is 0 Å². The molecule has 0 radical (unpaired) electrons. The average Bonchev–Trinajstić information content (AvgIpc) is 2.46. The molecule has 0 saturated heterocycles. The normalized spacial score (nSPS) is 12.7. The highest BCUT2D eigenvalue weighted by Crippen LogP contribution is 2.32. The molecule has 1 aromatic heterocycles. The molecule has 3 nitrogen and oxygen atoms in total. The number of aliphatic carboxylic acids is 1. The molecule has 1 atom stereocenters. The Morgan fingerprint density at radius 2 is 2.33 bits per heavy atom. The van der Waals surface area contributed by atoms with Crippen molar-refractivity contribution in [3.63, 3.8) is 0 Å². The lowest BCUT2D eigenvalue weighted by Gasteiger charge is -2.06. The fourth-order valence-corrected chi connectivity index (χ4v) is 2.47. The van der Waals surface area contributed by atoms with Crippen LogP contribution in [0.5, 0.6) is 0 Å². The van der Waals surface area contributed by atoms with Crippen LogP contribution < -0.4 is 0 Å². The quantitative estimate of drug-likeness (QED) is 0.842. The molecule has 15 heavy (non-hydrogen) atoms. The largest absolute Gasteiger partial charge is 0.481 e. The lowest BCUT2D eigenvalue weighted by Crippen LogP contribution is -1.98. The Morgan fingerprint density at radius 1 is 1.67 bits per heavy atom. The fraction of sp³-hybridized carbons (Fsp3) is 0.500. The molecule has 0 amide bonds. The van der Waals surface area contributed by atoms with Gasteiger partial charge in [0.1, 0.15) is 0 Å². The van der Waals surface area contributed by atoms with Gasteiger partial charge in [-0.05, 0) is 31.4 Å². The molecule has 1 heterocycles. The molecule has 5 heteroatoms. The first-order valence-corrected chi connectivity index (χ1v) is 5.86. The van der Waals surface area contributed by atoms with Crippen LogP contribution in [0.1, 0.15) is 35.8 Å². The van der Waals surface area contributed by atoms with Crippen molar-refractivity contribution in [2.75, 3.05) is 0 Å². The molecule has 0 aliphatic heterocycles. The van der Waals surface area contributed by atoms with E-state index in [1.165, 1.54) is 11.3 Å². The SMILES string of the molecule is Cc1cc(C(O)CCCC(=O)O)sc1Cl. The molecule has 0 fully saturated rings. The summed E-state index contributed by atoms with van der Waals surface area (Å²) in [5.41, 5.74) is 0.953. The molecule has 1 rings (SSSR count). The van der Waals surface area contributed by atoms with Crippen molar-refractivity contribution < 1.29 is 15.0 Å². The van der Waals surface area contributed by atoms with Crippen molar-refractivity contribution in [3.8, 4) is 0 Å². The van der Waals surface area contributed by atoms with Crippen molar-refractivity contribution in [2.45, 2.75) is 32.3 Å². The third-order valence-corrected chi connectivity index (χ3v) is 3.73. The second-order valence-corrected chi connectivity index (χ2v) is 5.09. The van der Waals surface area contributed by atoms with Crippen LogP contribution >= 0.6 is 22.9 Å². The van der Waals surface area contributed by atoms with Crippen LogP contribution in [0.15, 0.2) is 6.07 Å². The zero-order valence-electron chi connectivity index (χ0n) is 8.36. The Morgan fingerprint density at radius 3 is 2.80 bits per heavy atom. The van der Waals surface area contributed by atoms with Gasteiger partial charge in [0.25, 0.3) is 0 Å². The van der Waals surface area contributed by atoms with Crippen LogP contribution in [0.4, 0.5) is 0 Å². The Labute approximate surface area is 97.3 Å². The maximum absolute atomic E-state index is 10.3. The van der Waals surface area contributed by atoms with Gasteiger partial charge in [0.05, 0.1) is 10.4 Å². The molecule has 0 saturated carbocycles. The Kier molecular flexibility index (Phi) is 4.57. The zero-order valence-corrected chi connectivity index (χ0v) is 9.94. The van der Waals surface area contributed by atoms with Crippen molar-refractivity contribution in [3.05, 3.63) is 20.8 Å². The zero-order chi connectivity index (χ0) is 11.4. The van der Waals surface area contributed by atoms with E-state index in [1.54, 1.807) is 0 Å². The number of thiophene rings is 1. The predicted octanol–water partition coefficient (Wildman–Crippen LogP) is 3.00. The maximum atomic E-state index is 10.3. The highest BCUT2D eigenvalue weighted by molar-refractivity contribution is 7.16. The van der Waals surface area contributed by atoms with Gasteiger partial charge in [-0.15, -0.1) is 11.3 Å². The summed E-state index contributed by atoms with van der Waals surface area (Å²) >= 11 is 7.22. The second-order valence-electron chi connectivity index (χ2n) is 3.41. The first kappa shape index (κ1) is 12.5. The summed E-state index contributed by atoms with van der Waals surface area (Å²) in [6, 6.07) is 1.85. The predicted molar refractivity (Wildman–Crippen MR) is 60.5 cm³/mol. The number of carboxylic acids is 1. The molecule has 0 aromatic carbocycles. The van der Waals surface area contributed by atoms with E-state index in [-0.39, 0.29) is 6.42 Å². The van der Waals surface area contributed by atoms with Gasteiger partial charge < -0.3 is 10.2 Å². The number of hydrogen-bond donors (Lipinski definition) is 2. The number of aliphatic hydroxyl groups is 1. The van der Waals surface area contributed by atoms with Crippen LogP contribution in [0.2, 0.25) is 4.34 Å². The van der Waals surface area contributed by atoms with Crippen LogP contribution in [-0.4, -0.2) is 16.2 Å². The minimum atomic E-state index is -0.831. The van der Waals surface area contributed by atoms with Gasteiger partial charge in [-0.3, -0.25) is 4.79 Å². The molecule has 1 unspecified atom stereocenters. The van der Waals surface area contributed by atoms with Crippen LogP contribution in [0, 0.1) is 6.92 Å². The van der Waals surface area contributed by atoms with E-state index >= 15 is 0 Å². The number of aliphatic hydroxyl groups excluding tert-OH is 1. The van der Waals surface area contributed by atoms with E-state index in [4.69, 9.17) is 16.7 Å². The number of hydrogen-bond acceptors (Lipinski definition) is 3. The highest BCUT2D eigenvalue weighted by atomic mass is 35.5. The topological polar surface area (TPSA) is 57.5 Å². The highest BCUT2D eigenvalue weighted by Gasteiger charge is 2.12. The number of rotatable bonds is 5. The van der Waals surface area contributed by atoms with Crippen molar-refractivity contribution in [1.29, 1.82) is 0 Å². The number of halogens is 1. The summed E-state index contributed by atoms with van der Waals surface area (Å²) in [5.74, 6) is -0.831. The van der Waals surface area contributed by atoms with E-state index in [2.05, 4.69) is 0 Å². The molecule has 0 aliphatic carbocycles. The van der Waals surface area contributed by atoms with Crippen molar-refractivity contribution in [2.24, 2.45) is 0 Å². The first-order chi connectivity index (χ1) is 7.00. The fourth-order valence-electron chi connectivity index (χ4n) is 1.24. The van der Waals surface area contributed by atoms with Crippen molar-refractivity contribution in [1.82, 2.24) is 0 Å². The molecule has 0 spiro atoms. The number of aryl methyl sites for hydroxylation is 1. The summed E-state index contributed by atoms with van der Waals surface area (Å²) in [6.45, 7) is 1.88. The molecule has 2 N–H and O–H groups in total. The lowest BCUT2D eigenvalue weighted by molar-refractivity contribution is -0.137. The Hall–Kier alpha value is -0.580. The van der Waals surface area contributed by atoms with Crippen LogP contribution in [0.3, 0.4) is 0 Å². The maximum Gasteiger partial charge on any atom is 0.303 e. The second kappa shape index (κ2) is 5.49. The Balaban J connectivity index is 2.46. The summed E-state index contributed by atoms with van der Waals surface area (Å²) < 4.78 is 0.683. The Bertz CT molecular complexity index is 329. The molecule has 84 valence electrons. The van der Waals surface area contributed by atoms with E-state index < -0.39 is 12.1 Å². The van der Waals surface area contributed by atoms with Crippen LogP contribution in [-0.2, 0) is 4.79 Å². The monoisotopic (exact) mass is 248 g/mol. The first-order valence-electron chi connectivity index (χ1n) is 4.66. The van der Waals surface area contributed by atoms with Gasteiger partial charge in [0.2, 0.25) is 0 Å². The summed E-state index contributed by atoms with van der Waals surface area (Å²) in [6.07, 6.45) is 0.434. The standard InChI is InChI=1S/C10H13ClO3S/c1-6-5-8(15-10(6)11)7(12)3-2-4-9(13)14/h5,7,12H,2-4H2,1H3,(H,13,14). The van der Waals surface area contributed by atoms with Gasteiger partial charge in [-0.25, -0.2) is 0 Å². The minimum Gasteiger partial charge on any atom is -0.481 e. The molecular formula is C10H13ClO3S. The molecule has 1 aromatic rings. The van der Waals surface area contributed by atoms with E-state index in [9.17, 15) is 9.90 Å². The van der Waals surface area contributed by atoms with Gasteiger partial charge in [-0.2, -0.15) is 0 Å². The molecule has 0 aliphatic rings. The van der Waals surface area contributed by atoms with Gasteiger partial charge in [0, 0.05) is 11.3 Å². The lowest BCUT2D eigenvalue weighted by atomic mass is 10.1. The van der Waals surface area contributed by atoms with E-state index in [0.717, 1.165) is 10.4 Å². The van der Waals surface area contributed by atoms with Gasteiger partial charge >= 0.3 is 5.97 Å². The third kappa shape index (κ3) is 3.81. The summed E-state index contributed by atoms with van der Waals surface area (Å²) in [5, 5.41) is 18.2. The number of carbonyl (C=O) groups is 1. The van der Waals surface area contributed by atoms with E-state index in [1.807, 2.05) is 13.0 Å². The van der Waals surface area contributed by atoms with Gasteiger partial charge in [0.15, 0.2) is 0 Å². The average molecular weight is 249 g/mol. The van der Waals surface area contributed by atoms with Gasteiger partial charge in [-0.1, -0.05) is 11.6 Å². The summed E-state index contributed by atoms with van der Waals surface area (Å²) in [7, 11) is 0. The minimum absolute atomic E-state index is 0.0924. The van der Waals surface area contributed by atoms with Crippen molar-refractivity contribution >= 4 is 28.9 Å². The summed E-state index contributed by atoms with van der Waals surface area (Å²) in [4.78, 5) is 11.1. The third-order valence-electron chi connectivity index (χ3n) is 2.07.